The quantitative estimate of drug-likeness (QED) is 0.340. The molecule has 0 amide bonds. The van der Waals surface area contributed by atoms with Crippen LogP contribution in [0.2, 0.25) is 5.02 Å². The molecule has 2 N–H and O–H groups in total. The highest BCUT2D eigenvalue weighted by Crippen LogP contribution is 2.41. The lowest BCUT2D eigenvalue weighted by Crippen LogP contribution is -2.35. The van der Waals surface area contributed by atoms with Gasteiger partial charge in [0.05, 0.1) is 29.0 Å². The van der Waals surface area contributed by atoms with E-state index in [4.69, 9.17) is 26.5 Å². The van der Waals surface area contributed by atoms with Crippen molar-refractivity contribution in [2.75, 3.05) is 49.3 Å². The molecule has 212 valence electrons. The minimum Gasteiger partial charge on any atom is -0.419 e. The van der Waals surface area contributed by atoms with Gasteiger partial charge in [-0.3, -0.25) is 4.31 Å². The smallest absolute Gasteiger partial charge is 0.249 e. The van der Waals surface area contributed by atoms with Crippen LogP contribution in [0.4, 0.5) is 16.0 Å². The second kappa shape index (κ2) is 11.4. The van der Waals surface area contributed by atoms with Crippen molar-refractivity contribution in [2.24, 2.45) is 17.6 Å². The van der Waals surface area contributed by atoms with Crippen molar-refractivity contribution >= 4 is 33.3 Å². The first-order valence-electron chi connectivity index (χ1n) is 12.6. The molecule has 1 fully saturated rings. The Labute approximate surface area is 233 Å². The molecule has 2 heterocycles. The molecule has 0 aliphatic heterocycles. The van der Waals surface area contributed by atoms with Crippen molar-refractivity contribution in [3.8, 4) is 11.5 Å². The predicted octanol–water partition coefficient (Wildman–Crippen LogP) is 3.85. The maximum atomic E-state index is 13.3. The molecule has 0 bridgehead atoms. The zero-order chi connectivity index (χ0) is 28.5. The first-order valence-corrected chi connectivity index (χ1v) is 14.8. The molecule has 0 unspecified atom stereocenters. The normalized spacial score (nSPS) is 18.6. The SMILES string of the molecule is COCCN(C[C@H]1C[C@@H]1C)c1cc(-c2nnc([C@](C)(N)Cc3ccc(F)cc3)o2)c(Cl)c(N(C)S(C)(=O)=O)n1. The van der Waals surface area contributed by atoms with Crippen LogP contribution in [-0.2, 0) is 26.7 Å². The summed E-state index contributed by atoms with van der Waals surface area (Å²) in [6.45, 7) is 5.66. The Kier molecular flexibility index (Phi) is 8.50. The van der Waals surface area contributed by atoms with Gasteiger partial charge >= 0.3 is 0 Å². The summed E-state index contributed by atoms with van der Waals surface area (Å²) in [7, 11) is -0.672. The molecule has 39 heavy (non-hydrogen) atoms. The minimum atomic E-state index is -3.68. The Hall–Kier alpha value is -2.80. The van der Waals surface area contributed by atoms with Crippen molar-refractivity contribution < 1.29 is 22.0 Å². The van der Waals surface area contributed by atoms with Crippen LogP contribution in [0.3, 0.4) is 0 Å². The lowest BCUT2D eigenvalue weighted by molar-refractivity contribution is 0.204. The Morgan fingerprint density at radius 2 is 1.95 bits per heavy atom. The Morgan fingerprint density at radius 3 is 2.54 bits per heavy atom. The number of hydrogen-bond donors (Lipinski definition) is 1. The molecule has 3 aromatic rings. The van der Waals surface area contributed by atoms with E-state index < -0.39 is 15.6 Å². The van der Waals surface area contributed by atoms with Crippen LogP contribution in [0.1, 0.15) is 31.7 Å². The number of sulfonamides is 1. The molecule has 1 aliphatic rings. The maximum Gasteiger partial charge on any atom is 0.249 e. The molecule has 1 aromatic carbocycles. The van der Waals surface area contributed by atoms with E-state index in [1.807, 2.05) is 0 Å². The fourth-order valence-corrected chi connectivity index (χ4v) is 5.09. The molecule has 1 aliphatic carbocycles. The van der Waals surface area contributed by atoms with Gasteiger partial charge < -0.3 is 19.8 Å². The predicted molar refractivity (Wildman–Crippen MR) is 149 cm³/mol. The summed E-state index contributed by atoms with van der Waals surface area (Å²) < 4.78 is 50.6. The van der Waals surface area contributed by atoms with Gasteiger partial charge in [0.1, 0.15) is 11.6 Å². The van der Waals surface area contributed by atoms with Gasteiger partial charge in [0.2, 0.25) is 21.8 Å². The molecule has 0 saturated heterocycles. The molecule has 0 radical (unpaired) electrons. The molecular formula is C26H34ClFN6O4S. The van der Waals surface area contributed by atoms with Gasteiger partial charge in [-0.25, -0.2) is 17.8 Å². The molecule has 13 heteroatoms. The summed E-state index contributed by atoms with van der Waals surface area (Å²) in [5, 5.41) is 8.42. The van der Waals surface area contributed by atoms with Gasteiger partial charge in [-0.05, 0) is 55.4 Å². The molecule has 3 atom stereocenters. The Morgan fingerprint density at radius 1 is 1.28 bits per heavy atom. The summed E-state index contributed by atoms with van der Waals surface area (Å²) in [5.41, 5.74) is 6.60. The topological polar surface area (TPSA) is 128 Å². The number of benzene rings is 1. The number of methoxy groups -OCH3 is 1. The average Bonchev–Trinajstić information content (AvgIpc) is 3.34. The van der Waals surface area contributed by atoms with Crippen molar-refractivity contribution in [2.45, 2.75) is 32.2 Å². The first kappa shape index (κ1) is 29.2. The largest absolute Gasteiger partial charge is 0.419 e. The Balaban J connectivity index is 1.75. The highest BCUT2D eigenvalue weighted by molar-refractivity contribution is 7.92. The molecule has 4 rings (SSSR count). The van der Waals surface area contributed by atoms with Crippen LogP contribution in [0.15, 0.2) is 34.7 Å². The fourth-order valence-electron chi connectivity index (χ4n) is 4.29. The fraction of sp³-hybridized carbons (Fsp3) is 0.500. The third-order valence-electron chi connectivity index (χ3n) is 6.97. The van der Waals surface area contributed by atoms with Crippen molar-refractivity contribution in [1.82, 2.24) is 15.2 Å². The molecule has 0 spiro atoms. The van der Waals surface area contributed by atoms with Crippen molar-refractivity contribution in [1.29, 1.82) is 0 Å². The van der Waals surface area contributed by atoms with Crippen LogP contribution in [0, 0.1) is 17.7 Å². The number of aromatic nitrogens is 3. The number of ether oxygens (including phenoxy) is 1. The minimum absolute atomic E-state index is 0.0412. The van der Waals surface area contributed by atoms with E-state index in [-0.39, 0.29) is 28.4 Å². The first-order chi connectivity index (χ1) is 18.3. The van der Waals surface area contributed by atoms with Gasteiger partial charge in [0.15, 0.2) is 5.82 Å². The van der Waals surface area contributed by atoms with Crippen LogP contribution >= 0.6 is 11.6 Å². The van der Waals surface area contributed by atoms with Crippen molar-refractivity contribution in [3.63, 3.8) is 0 Å². The van der Waals surface area contributed by atoms with Gasteiger partial charge in [-0.15, -0.1) is 10.2 Å². The third kappa shape index (κ3) is 6.86. The zero-order valence-electron chi connectivity index (χ0n) is 22.7. The van der Waals surface area contributed by atoms with E-state index in [2.05, 4.69) is 27.0 Å². The number of anilines is 2. The average molecular weight is 581 g/mol. The van der Waals surface area contributed by atoms with Crippen LogP contribution < -0.4 is 14.9 Å². The maximum absolute atomic E-state index is 13.3. The number of rotatable bonds is 12. The highest BCUT2D eigenvalue weighted by Gasteiger charge is 2.35. The summed E-state index contributed by atoms with van der Waals surface area (Å²) in [6, 6.07) is 7.73. The van der Waals surface area contributed by atoms with Crippen molar-refractivity contribution in [3.05, 3.63) is 52.6 Å². The summed E-state index contributed by atoms with van der Waals surface area (Å²) in [5.74, 6) is 1.53. The van der Waals surface area contributed by atoms with E-state index in [9.17, 15) is 12.8 Å². The summed E-state index contributed by atoms with van der Waals surface area (Å²) in [4.78, 5) is 6.69. The molecule has 1 saturated carbocycles. The van der Waals surface area contributed by atoms with Gasteiger partial charge in [-0.1, -0.05) is 30.7 Å². The molecule has 2 aromatic heterocycles. The number of nitrogens with two attached hydrogens (primary N) is 1. The van der Waals surface area contributed by atoms with E-state index in [1.54, 1.807) is 32.2 Å². The zero-order valence-corrected chi connectivity index (χ0v) is 24.3. The van der Waals surface area contributed by atoms with Crippen LogP contribution in [0.5, 0.6) is 0 Å². The van der Waals surface area contributed by atoms with Gasteiger partial charge in [0, 0.05) is 27.2 Å². The van der Waals surface area contributed by atoms with Crippen LogP contribution in [0.25, 0.3) is 11.5 Å². The number of hydrogen-bond acceptors (Lipinski definition) is 9. The second-order valence-electron chi connectivity index (χ2n) is 10.4. The number of halogens is 2. The number of pyridine rings is 1. The lowest BCUT2D eigenvalue weighted by Gasteiger charge is -2.26. The monoisotopic (exact) mass is 580 g/mol. The highest BCUT2D eigenvalue weighted by atomic mass is 35.5. The Bertz CT molecular complexity index is 1420. The second-order valence-corrected chi connectivity index (χ2v) is 12.8. The van der Waals surface area contributed by atoms with E-state index >= 15 is 0 Å². The van der Waals surface area contributed by atoms with Gasteiger partial charge in [0.25, 0.3) is 0 Å². The van der Waals surface area contributed by atoms with Crippen LogP contribution in [-0.4, -0.2) is 63.7 Å². The lowest BCUT2D eigenvalue weighted by atomic mass is 9.94. The molecular weight excluding hydrogens is 547 g/mol. The molecule has 10 nitrogen and oxygen atoms in total. The van der Waals surface area contributed by atoms with Gasteiger partial charge in [-0.2, -0.15) is 0 Å². The summed E-state index contributed by atoms with van der Waals surface area (Å²) in [6.07, 6.45) is 2.50. The van der Waals surface area contributed by atoms with E-state index in [0.717, 1.165) is 29.1 Å². The standard InChI is InChI=1S/C26H34ClFN6O4S/c1-16-12-18(16)15-34(10-11-37-4)21-13-20(22(27)23(30-21)33(3)39(5,35)36)24-31-32-25(38-24)26(2,29)14-17-6-8-19(28)9-7-17/h6-9,13,16,18H,10-12,14-15,29H2,1-5H3/t16-,18+,26+/m0/s1. The van der Waals surface area contributed by atoms with E-state index in [0.29, 0.717) is 42.8 Å². The number of nitrogens with zero attached hydrogens (tertiary/aromatic N) is 5. The van der Waals surface area contributed by atoms with E-state index in [1.165, 1.54) is 19.2 Å². The summed E-state index contributed by atoms with van der Waals surface area (Å²) >= 11 is 6.73. The third-order valence-corrected chi connectivity index (χ3v) is 8.51.